The van der Waals surface area contributed by atoms with Crippen molar-refractivity contribution in [2.45, 2.75) is 26.4 Å². The van der Waals surface area contributed by atoms with E-state index in [-0.39, 0.29) is 0 Å². The molecule has 0 fully saturated rings. The molecule has 0 spiro atoms. The number of carbonyl (C=O) groups is 1. The number of alkyl carbamates (subject to hydrolysis) is 1. The number of hydrogen-bond donors (Lipinski definition) is 4. The van der Waals surface area contributed by atoms with Crippen LogP contribution in [0.4, 0.5) is 10.6 Å². The molecule has 2 aromatic rings. The van der Waals surface area contributed by atoms with E-state index in [1.165, 1.54) is 0 Å². The first-order valence-electron chi connectivity index (χ1n) is 9.38. The number of aromatic nitrogens is 1. The number of nitrogens with zero attached hydrogens (tertiary/aromatic N) is 2. The number of anilines is 1. The largest absolute Gasteiger partial charge is 0.444 e. The number of amides is 1. The molecule has 28 heavy (non-hydrogen) atoms. The third kappa shape index (κ3) is 7.69. The Labute approximate surface area is 166 Å². The number of fused-ring (bicyclic) bond motifs is 1. The lowest BCUT2D eigenvalue weighted by molar-refractivity contribution is 0.0529. The highest BCUT2D eigenvalue weighted by molar-refractivity contribution is 5.80. The fourth-order valence-corrected chi connectivity index (χ4v) is 2.42. The van der Waals surface area contributed by atoms with Gasteiger partial charge in [-0.15, -0.1) is 0 Å². The van der Waals surface area contributed by atoms with Crippen LogP contribution in [0.25, 0.3) is 10.9 Å². The smallest absolute Gasteiger partial charge is 0.407 e. The van der Waals surface area contributed by atoms with Gasteiger partial charge in [0.2, 0.25) is 0 Å². The van der Waals surface area contributed by atoms with Crippen LogP contribution in [0, 0.1) is 0 Å². The van der Waals surface area contributed by atoms with Crippen molar-refractivity contribution < 1.29 is 9.53 Å². The van der Waals surface area contributed by atoms with Gasteiger partial charge in [0, 0.05) is 38.6 Å². The first-order valence-corrected chi connectivity index (χ1v) is 9.38. The summed E-state index contributed by atoms with van der Waals surface area (Å²) in [7, 11) is 1.70. The maximum atomic E-state index is 11.6. The summed E-state index contributed by atoms with van der Waals surface area (Å²) in [6.45, 7) is 7.84. The summed E-state index contributed by atoms with van der Waals surface area (Å²) in [6.07, 6.45) is -0.427. The number of nitrogens with one attached hydrogen (secondary N) is 4. The van der Waals surface area contributed by atoms with Gasteiger partial charge in [0.15, 0.2) is 5.96 Å². The highest BCUT2D eigenvalue weighted by Crippen LogP contribution is 2.14. The molecule has 0 atom stereocenters. The molecular formula is C20H30N6O2. The molecule has 0 aliphatic heterocycles. The number of hydrogen-bond acceptors (Lipinski definition) is 5. The molecule has 0 bridgehead atoms. The lowest BCUT2D eigenvalue weighted by Gasteiger charge is -2.20. The molecule has 1 amide bonds. The van der Waals surface area contributed by atoms with Crippen molar-refractivity contribution in [3.05, 3.63) is 36.4 Å². The fraction of sp³-hybridized carbons (Fsp3) is 0.450. The van der Waals surface area contributed by atoms with Gasteiger partial charge < -0.3 is 26.0 Å². The van der Waals surface area contributed by atoms with Crippen molar-refractivity contribution in [1.82, 2.24) is 20.9 Å². The van der Waals surface area contributed by atoms with E-state index in [1.807, 2.05) is 51.1 Å². The number of guanidine groups is 1. The molecule has 2 rings (SSSR count). The molecule has 1 aromatic heterocycles. The maximum absolute atomic E-state index is 11.6. The van der Waals surface area contributed by atoms with Gasteiger partial charge in [-0.2, -0.15) is 0 Å². The Kier molecular flexibility index (Phi) is 7.86. The summed E-state index contributed by atoms with van der Waals surface area (Å²) in [6, 6.07) is 12.0. The van der Waals surface area contributed by atoms with Gasteiger partial charge in [0.1, 0.15) is 11.4 Å². The Morgan fingerprint density at radius 2 is 1.68 bits per heavy atom. The van der Waals surface area contributed by atoms with Crippen LogP contribution in [0.1, 0.15) is 20.8 Å². The summed E-state index contributed by atoms with van der Waals surface area (Å²) >= 11 is 0. The number of aliphatic imine (C=N–C) groups is 1. The SMILES string of the molecule is CN=C(NCCNC(=O)OC(C)(C)C)NCCNc1ccc2ccccc2n1. The molecular weight excluding hydrogens is 356 g/mol. The minimum absolute atomic E-state index is 0.427. The quantitative estimate of drug-likeness (QED) is 0.331. The molecule has 1 heterocycles. The van der Waals surface area contributed by atoms with Crippen molar-refractivity contribution in [2.75, 3.05) is 38.5 Å². The molecule has 0 saturated carbocycles. The van der Waals surface area contributed by atoms with E-state index < -0.39 is 11.7 Å². The molecule has 152 valence electrons. The van der Waals surface area contributed by atoms with Crippen molar-refractivity contribution in [2.24, 2.45) is 4.99 Å². The zero-order chi connectivity index (χ0) is 20.4. The van der Waals surface area contributed by atoms with E-state index >= 15 is 0 Å². The number of ether oxygens (including phenoxy) is 1. The standard InChI is InChI=1S/C20H30N6O2/c1-20(2,3)28-19(27)25-14-13-24-18(21-4)23-12-11-22-17-10-9-15-7-5-6-8-16(15)26-17/h5-10H,11-14H2,1-4H3,(H,22,26)(H,25,27)(H2,21,23,24). The van der Waals surface area contributed by atoms with Gasteiger partial charge in [-0.3, -0.25) is 4.99 Å². The molecule has 0 radical (unpaired) electrons. The normalized spacial score (nSPS) is 11.8. The molecule has 1 aromatic carbocycles. The van der Waals surface area contributed by atoms with Crippen LogP contribution in [-0.2, 0) is 4.74 Å². The van der Waals surface area contributed by atoms with Crippen LogP contribution >= 0.6 is 0 Å². The molecule has 4 N–H and O–H groups in total. The minimum atomic E-state index is -0.498. The van der Waals surface area contributed by atoms with Crippen molar-refractivity contribution in [3.63, 3.8) is 0 Å². The zero-order valence-corrected chi connectivity index (χ0v) is 17.0. The molecule has 0 aliphatic rings. The van der Waals surface area contributed by atoms with Crippen molar-refractivity contribution >= 4 is 28.8 Å². The van der Waals surface area contributed by atoms with E-state index in [0.717, 1.165) is 16.7 Å². The topological polar surface area (TPSA) is 99.7 Å². The number of pyridine rings is 1. The highest BCUT2D eigenvalue weighted by atomic mass is 16.6. The number of para-hydroxylation sites is 1. The second kappa shape index (κ2) is 10.3. The molecule has 0 unspecified atom stereocenters. The Bertz CT molecular complexity index is 801. The third-order valence-electron chi connectivity index (χ3n) is 3.63. The van der Waals surface area contributed by atoms with Gasteiger partial charge in [0.25, 0.3) is 0 Å². The average molecular weight is 387 g/mol. The van der Waals surface area contributed by atoms with Crippen LogP contribution in [0.3, 0.4) is 0 Å². The van der Waals surface area contributed by atoms with Gasteiger partial charge >= 0.3 is 6.09 Å². The zero-order valence-electron chi connectivity index (χ0n) is 17.0. The molecule has 8 heteroatoms. The highest BCUT2D eigenvalue weighted by Gasteiger charge is 2.15. The summed E-state index contributed by atoms with van der Waals surface area (Å²) in [5.41, 5.74) is 0.470. The Morgan fingerprint density at radius 1 is 1.00 bits per heavy atom. The summed E-state index contributed by atoms with van der Waals surface area (Å²) in [5, 5.41) is 13.4. The van der Waals surface area contributed by atoms with Gasteiger partial charge in [0.05, 0.1) is 5.52 Å². The average Bonchev–Trinajstić information content (AvgIpc) is 2.65. The maximum Gasteiger partial charge on any atom is 0.407 e. The van der Waals surface area contributed by atoms with E-state index in [4.69, 9.17) is 4.74 Å². The summed E-state index contributed by atoms with van der Waals surface area (Å²) in [4.78, 5) is 20.3. The molecule has 0 aliphatic carbocycles. The van der Waals surface area contributed by atoms with Crippen LogP contribution in [-0.4, -0.2) is 55.9 Å². The van der Waals surface area contributed by atoms with Crippen molar-refractivity contribution in [1.29, 1.82) is 0 Å². The van der Waals surface area contributed by atoms with Crippen molar-refractivity contribution in [3.8, 4) is 0 Å². The molecule has 8 nitrogen and oxygen atoms in total. The predicted octanol–water partition coefficient (Wildman–Crippen LogP) is 2.34. The minimum Gasteiger partial charge on any atom is -0.444 e. The first-order chi connectivity index (χ1) is 13.4. The van der Waals surface area contributed by atoms with Crippen LogP contribution in [0.2, 0.25) is 0 Å². The fourth-order valence-electron chi connectivity index (χ4n) is 2.42. The first kappa shape index (κ1) is 21.3. The summed E-state index contributed by atoms with van der Waals surface area (Å²) in [5.74, 6) is 1.50. The summed E-state index contributed by atoms with van der Waals surface area (Å²) < 4.78 is 5.18. The van der Waals surface area contributed by atoms with E-state index in [2.05, 4.69) is 37.3 Å². The van der Waals surface area contributed by atoms with Crippen LogP contribution in [0.5, 0.6) is 0 Å². The van der Waals surface area contributed by atoms with E-state index in [9.17, 15) is 4.79 Å². The Morgan fingerprint density at radius 3 is 2.39 bits per heavy atom. The Balaban J connectivity index is 1.63. The lowest BCUT2D eigenvalue weighted by atomic mass is 10.2. The second-order valence-electron chi connectivity index (χ2n) is 7.17. The molecule has 0 saturated heterocycles. The Hall–Kier alpha value is -3.03. The van der Waals surface area contributed by atoms with Gasteiger partial charge in [-0.25, -0.2) is 9.78 Å². The van der Waals surface area contributed by atoms with Crippen LogP contribution in [0.15, 0.2) is 41.4 Å². The predicted molar refractivity (Wildman–Crippen MR) is 114 cm³/mol. The monoisotopic (exact) mass is 386 g/mol. The van der Waals surface area contributed by atoms with E-state index in [1.54, 1.807) is 7.05 Å². The number of carbonyl (C=O) groups excluding carboxylic acids is 1. The number of benzene rings is 1. The van der Waals surface area contributed by atoms with Crippen LogP contribution < -0.4 is 21.3 Å². The lowest BCUT2D eigenvalue weighted by Crippen LogP contribution is -2.43. The second-order valence-corrected chi connectivity index (χ2v) is 7.17. The van der Waals surface area contributed by atoms with Gasteiger partial charge in [-0.1, -0.05) is 18.2 Å². The van der Waals surface area contributed by atoms with E-state index in [0.29, 0.717) is 32.1 Å². The third-order valence-corrected chi connectivity index (χ3v) is 3.63. The number of rotatable bonds is 7. The van der Waals surface area contributed by atoms with Gasteiger partial charge in [-0.05, 0) is 39.0 Å².